The van der Waals surface area contributed by atoms with E-state index in [1.807, 2.05) is 6.92 Å². The second-order valence-corrected chi connectivity index (χ2v) is 3.99. The molecule has 3 nitrogen and oxygen atoms in total. The third-order valence-electron chi connectivity index (χ3n) is 1.79. The van der Waals surface area contributed by atoms with E-state index < -0.39 is 11.3 Å². The minimum atomic E-state index is -1.09. The molecule has 0 aliphatic heterocycles. The molecule has 0 aromatic heterocycles. The smallest absolute Gasteiger partial charge is 0.325 e. The number of carbonyl (C=O) groups is 1. The van der Waals surface area contributed by atoms with Crippen LogP contribution in [0, 0.1) is 6.92 Å². The predicted octanol–water partition coefficient (Wildman–Crippen LogP) is 2.72. The average Bonchev–Trinajstić information content (AvgIpc) is 2.15. The van der Waals surface area contributed by atoms with Crippen molar-refractivity contribution in [3.05, 3.63) is 28.8 Å². The van der Waals surface area contributed by atoms with Gasteiger partial charge in [-0.2, -0.15) is 0 Å². The monoisotopic (exact) mass is 248 g/mol. The standard InChI is InChI=1S/C10H10Cl2O3/c1-6-4-7(11)2-3-9(6)15-5-8(12)10(13)14/h2-4,8H,5H2,1H3,(H,13,14). The molecule has 5 heteroatoms. The van der Waals surface area contributed by atoms with Crippen LogP contribution >= 0.6 is 23.2 Å². The quantitative estimate of drug-likeness (QED) is 0.834. The van der Waals surface area contributed by atoms with E-state index >= 15 is 0 Å². The fourth-order valence-corrected chi connectivity index (χ4v) is 1.30. The summed E-state index contributed by atoms with van der Waals surface area (Å²) in [4.78, 5) is 10.4. The van der Waals surface area contributed by atoms with Gasteiger partial charge in [0, 0.05) is 5.02 Å². The molecule has 0 spiro atoms. The molecule has 0 amide bonds. The number of aryl methyl sites for hydroxylation is 1. The van der Waals surface area contributed by atoms with Crippen LogP contribution in [-0.2, 0) is 4.79 Å². The van der Waals surface area contributed by atoms with Crippen molar-refractivity contribution < 1.29 is 14.6 Å². The van der Waals surface area contributed by atoms with Crippen molar-refractivity contribution in [3.8, 4) is 5.75 Å². The van der Waals surface area contributed by atoms with Crippen molar-refractivity contribution in [1.29, 1.82) is 0 Å². The molecule has 1 rings (SSSR count). The third kappa shape index (κ3) is 3.61. The highest BCUT2D eigenvalue weighted by Gasteiger charge is 2.14. The summed E-state index contributed by atoms with van der Waals surface area (Å²) < 4.78 is 5.24. The molecular formula is C10H10Cl2O3. The van der Waals surface area contributed by atoms with Gasteiger partial charge in [-0.25, -0.2) is 0 Å². The highest BCUT2D eigenvalue weighted by molar-refractivity contribution is 6.30. The Morgan fingerprint density at radius 2 is 2.27 bits per heavy atom. The van der Waals surface area contributed by atoms with Gasteiger partial charge in [-0.15, -0.1) is 11.6 Å². The van der Waals surface area contributed by atoms with Gasteiger partial charge in [0.1, 0.15) is 12.4 Å². The molecule has 0 aliphatic carbocycles. The first-order chi connectivity index (χ1) is 7.00. The minimum absolute atomic E-state index is 0.0701. The Balaban J connectivity index is 2.62. The molecule has 0 bridgehead atoms. The maximum Gasteiger partial charge on any atom is 0.325 e. The number of alkyl halides is 1. The summed E-state index contributed by atoms with van der Waals surface area (Å²) in [5.74, 6) is -0.505. The fourth-order valence-electron chi connectivity index (χ4n) is 1.01. The number of hydrogen-bond donors (Lipinski definition) is 1. The Labute approximate surface area is 97.6 Å². The van der Waals surface area contributed by atoms with Crippen LogP contribution in [0.25, 0.3) is 0 Å². The van der Waals surface area contributed by atoms with E-state index in [0.717, 1.165) is 5.56 Å². The van der Waals surface area contributed by atoms with Crippen LogP contribution in [0.1, 0.15) is 5.56 Å². The molecule has 0 fully saturated rings. The zero-order chi connectivity index (χ0) is 11.4. The average molecular weight is 249 g/mol. The number of hydrogen-bond acceptors (Lipinski definition) is 2. The van der Waals surface area contributed by atoms with Crippen molar-refractivity contribution in [3.63, 3.8) is 0 Å². The van der Waals surface area contributed by atoms with Gasteiger partial charge >= 0.3 is 5.97 Å². The Morgan fingerprint density at radius 1 is 1.60 bits per heavy atom. The summed E-state index contributed by atoms with van der Waals surface area (Å²) >= 11 is 11.3. The normalized spacial score (nSPS) is 12.2. The van der Waals surface area contributed by atoms with E-state index in [4.69, 9.17) is 33.0 Å². The molecule has 0 heterocycles. The number of halogens is 2. The maximum absolute atomic E-state index is 10.4. The van der Waals surface area contributed by atoms with Gasteiger partial charge in [-0.05, 0) is 30.7 Å². The van der Waals surface area contributed by atoms with Crippen LogP contribution in [0.15, 0.2) is 18.2 Å². The number of aliphatic carboxylic acids is 1. The molecule has 1 N–H and O–H groups in total. The molecule has 1 aromatic carbocycles. The second-order valence-electron chi connectivity index (χ2n) is 3.03. The van der Waals surface area contributed by atoms with Crippen molar-refractivity contribution in [1.82, 2.24) is 0 Å². The van der Waals surface area contributed by atoms with Crippen molar-refractivity contribution >= 4 is 29.2 Å². The lowest BCUT2D eigenvalue weighted by Crippen LogP contribution is -2.21. The number of carboxylic acid groups (broad SMARTS) is 1. The molecule has 0 radical (unpaired) electrons. The summed E-state index contributed by atoms with van der Waals surface area (Å²) in [6.07, 6.45) is 0. The first kappa shape index (κ1) is 12.1. The summed E-state index contributed by atoms with van der Waals surface area (Å²) in [5, 5.41) is 8.11. The van der Waals surface area contributed by atoms with E-state index in [2.05, 4.69) is 0 Å². The van der Waals surface area contributed by atoms with Gasteiger partial charge in [0.15, 0.2) is 5.38 Å². The van der Waals surface area contributed by atoms with Crippen LogP contribution < -0.4 is 4.74 Å². The van der Waals surface area contributed by atoms with Crippen LogP contribution in [0.5, 0.6) is 5.75 Å². The molecule has 0 saturated carbocycles. The van der Waals surface area contributed by atoms with Gasteiger partial charge in [0.05, 0.1) is 0 Å². The Kier molecular flexibility index (Phi) is 4.24. The van der Waals surface area contributed by atoms with Gasteiger partial charge in [0.2, 0.25) is 0 Å². The summed E-state index contributed by atoms with van der Waals surface area (Å²) in [7, 11) is 0. The zero-order valence-electron chi connectivity index (χ0n) is 8.04. The van der Waals surface area contributed by atoms with Crippen LogP contribution in [0.3, 0.4) is 0 Å². The fraction of sp³-hybridized carbons (Fsp3) is 0.300. The van der Waals surface area contributed by atoms with E-state index in [0.29, 0.717) is 10.8 Å². The van der Waals surface area contributed by atoms with E-state index in [1.165, 1.54) is 0 Å². The number of ether oxygens (including phenoxy) is 1. The molecule has 1 unspecified atom stereocenters. The SMILES string of the molecule is Cc1cc(Cl)ccc1OCC(Cl)C(=O)O. The van der Waals surface area contributed by atoms with Gasteiger partial charge < -0.3 is 9.84 Å². The van der Waals surface area contributed by atoms with Crippen LogP contribution in [0.4, 0.5) is 0 Å². The van der Waals surface area contributed by atoms with Gasteiger partial charge in [-0.1, -0.05) is 11.6 Å². The maximum atomic E-state index is 10.4. The van der Waals surface area contributed by atoms with Crippen molar-refractivity contribution in [2.45, 2.75) is 12.3 Å². The van der Waals surface area contributed by atoms with Gasteiger partial charge in [-0.3, -0.25) is 4.79 Å². The van der Waals surface area contributed by atoms with Crippen molar-refractivity contribution in [2.24, 2.45) is 0 Å². The lowest BCUT2D eigenvalue weighted by molar-refractivity contribution is -0.137. The highest BCUT2D eigenvalue weighted by atomic mass is 35.5. The Morgan fingerprint density at radius 3 is 2.80 bits per heavy atom. The minimum Gasteiger partial charge on any atom is -0.491 e. The molecular weight excluding hydrogens is 239 g/mol. The lowest BCUT2D eigenvalue weighted by atomic mass is 10.2. The molecule has 82 valence electrons. The summed E-state index contributed by atoms with van der Waals surface area (Å²) in [5.41, 5.74) is 0.844. The lowest BCUT2D eigenvalue weighted by Gasteiger charge is -2.10. The Hall–Kier alpha value is -0.930. The second kappa shape index (κ2) is 5.24. The first-order valence-corrected chi connectivity index (χ1v) is 5.08. The van der Waals surface area contributed by atoms with Crippen LogP contribution in [0.2, 0.25) is 5.02 Å². The van der Waals surface area contributed by atoms with Crippen LogP contribution in [-0.4, -0.2) is 23.1 Å². The van der Waals surface area contributed by atoms with E-state index in [-0.39, 0.29) is 6.61 Å². The molecule has 0 saturated heterocycles. The molecule has 0 aliphatic rings. The van der Waals surface area contributed by atoms with E-state index in [1.54, 1.807) is 18.2 Å². The number of rotatable bonds is 4. The number of carboxylic acids is 1. The topological polar surface area (TPSA) is 46.5 Å². The largest absolute Gasteiger partial charge is 0.491 e. The number of benzene rings is 1. The summed E-state index contributed by atoms with van der Waals surface area (Å²) in [6, 6.07) is 5.10. The molecule has 1 aromatic rings. The first-order valence-electron chi connectivity index (χ1n) is 4.26. The predicted molar refractivity (Wildman–Crippen MR) is 59.0 cm³/mol. The van der Waals surface area contributed by atoms with E-state index in [9.17, 15) is 4.79 Å². The zero-order valence-corrected chi connectivity index (χ0v) is 9.55. The third-order valence-corrected chi connectivity index (χ3v) is 2.34. The molecule has 1 atom stereocenters. The summed E-state index contributed by atoms with van der Waals surface area (Å²) in [6.45, 7) is 1.75. The van der Waals surface area contributed by atoms with Crippen molar-refractivity contribution in [2.75, 3.05) is 6.61 Å². The Bertz CT molecular complexity index is 366. The highest BCUT2D eigenvalue weighted by Crippen LogP contribution is 2.22. The molecule has 15 heavy (non-hydrogen) atoms. The van der Waals surface area contributed by atoms with Gasteiger partial charge in [0.25, 0.3) is 0 Å².